The molecule has 0 N–H and O–H groups in total. The molecule has 0 atom stereocenters. The van der Waals surface area contributed by atoms with Crippen LogP contribution < -0.4 is 0 Å². The first-order valence-electron chi connectivity index (χ1n) is 6.56. The zero-order valence-corrected chi connectivity index (χ0v) is 11.3. The first kappa shape index (κ1) is 16.5. The molecular weight excluding hydrogens is 232 g/mol. The lowest BCUT2D eigenvalue weighted by Gasteiger charge is -1.99. The van der Waals surface area contributed by atoms with Gasteiger partial charge in [0, 0.05) is 11.8 Å². The molecular formula is C14H22O4. The molecule has 4 heteroatoms. The third-order valence-corrected chi connectivity index (χ3v) is 2.23. The molecule has 18 heavy (non-hydrogen) atoms. The van der Waals surface area contributed by atoms with Crippen LogP contribution in [0.5, 0.6) is 0 Å². The van der Waals surface area contributed by atoms with Crippen LogP contribution in [-0.4, -0.2) is 25.2 Å². The summed E-state index contributed by atoms with van der Waals surface area (Å²) < 4.78 is 9.63. The Kier molecular flexibility index (Phi) is 11.0. The zero-order chi connectivity index (χ0) is 13.6. The molecule has 0 unspecified atom stereocenters. The molecule has 4 nitrogen and oxygen atoms in total. The van der Waals surface area contributed by atoms with E-state index in [-0.39, 0.29) is 0 Å². The maximum atomic E-state index is 11.1. The van der Waals surface area contributed by atoms with E-state index < -0.39 is 11.9 Å². The second-order valence-corrected chi connectivity index (χ2v) is 3.94. The Morgan fingerprint density at radius 1 is 0.778 bits per heavy atom. The Bertz CT molecular complexity index is 271. The van der Waals surface area contributed by atoms with Crippen molar-refractivity contribution >= 4 is 11.9 Å². The van der Waals surface area contributed by atoms with E-state index in [1.807, 2.05) is 0 Å². The number of carbonyl (C=O) groups excluding carboxylic acids is 2. The van der Waals surface area contributed by atoms with E-state index >= 15 is 0 Å². The average Bonchev–Trinajstić information content (AvgIpc) is 2.37. The minimum atomic E-state index is -0.670. The number of carbonyl (C=O) groups is 2. The van der Waals surface area contributed by atoms with E-state index in [2.05, 4.69) is 25.7 Å². The minimum Gasteiger partial charge on any atom is -0.456 e. The van der Waals surface area contributed by atoms with E-state index in [0.717, 1.165) is 38.5 Å². The smallest absolute Gasteiger partial charge is 0.384 e. The molecule has 0 heterocycles. The van der Waals surface area contributed by atoms with Gasteiger partial charge in [-0.15, -0.1) is 0 Å². The van der Waals surface area contributed by atoms with Gasteiger partial charge in [-0.05, 0) is 12.8 Å². The van der Waals surface area contributed by atoms with Gasteiger partial charge in [0.05, 0.1) is 13.2 Å². The summed E-state index contributed by atoms with van der Waals surface area (Å²) in [4.78, 5) is 22.2. The summed E-state index contributed by atoms with van der Waals surface area (Å²) in [6.45, 7) is 4.84. The van der Waals surface area contributed by atoms with Gasteiger partial charge in [0.25, 0.3) is 0 Å². The maximum Gasteiger partial charge on any atom is 0.384 e. The van der Waals surface area contributed by atoms with Crippen molar-refractivity contribution in [3.8, 4) is 11.8 Å². The number of hydrogen-bond donors (Lipinski definition) is 0. The van der Waals surface area contributed by atoms with Crippen molar-refractivity contribution in [3.05, 3.63) is 0 Å². The molecule has 0 amide bonds. The highest BCUT2D eigenvalue weighted by molar-refractivity contribution is 5.98. The average molecular weight is 254 g/mol. The maximum absolute atomic E-state index is 11.1. The molecule has 0 fully saturated rings. The van der Waals surface area contributed by atoms with Crippen LogP contribution >= 0.6 is 0 Å². The normalized spacial score (nSPS) is 9.22. The molecule has 0 aromatic carbocycles. The predicted octanol–water partition coefficient (Wildman–Crippen LogP) is 2.46. The molecule has 0 radical (unpaired) electrons. The van der Waals surface area contributed by atoms with Crippen molar-refractivity contribution in [1.29, 1.82) is 0 Å². The van der Waals surface area contributed by atoms with Gasteiger partial charge in [0.1, 0.15) is 0 Å². The molecule has 0 bridgehead atoms. The van der Waals surface area contributed by atoms with Crippen LogP contribution in [0.15, 0.2) is 0 Å². The van der Waals surface area contributed by atoms with Crippen LogP contribution in [0.2, 0.25) is 0 Å². The first-order chi connectivity index (χ1) is 8.70. The van der Waals surface area contributed by atoms with Gasteiger partial charge < -0.3 is 9.47 Å². The van der Waals surface area contributed by atoms with Gasteiger partial charge in [-0.1, -0.05) is 39.5 Å². The van der Waals surface area contributed by atoms with Gasteiger partial charge in [-0.2, -0.15) is 0 Å². The molecule has 0 spiro atoms. The van der Waals surface area contributed by atoms with Crippen LogP contribution in [0, 0.1) is 11.8 Å². The molecule has 0 aromatic heterocycles. The fourth-order valence-corrected chi connectivity index (χ4v) is 1.21. The van der Waals surface area contributed by atoms with Gasteiger partial charge in [0.2, 0.25) is 0 Å². The zero-order valence-electron chi connectivity index (χ0n) is 11.3. The summed E-state index contributed by atoms with van der Waals surface area (Å²) in [5.41, 5.74) is 0. The summed E-state index contributed by atoms with van der Waals surface area (Å²) in [7, 11) is 0. The lowest BCUT2D eigenvalue weighted by molar-refractivity contribution is -0.138. The van der Waals surface area contributed by atoms with E-state index in [1.165, 1.54) is 0 Å². The predicted molar refractivity (Wildman–Crippen MR) is 68.7 cm³/mol. The monoisotopic (exact) mass is 254 g/mol. The van der Waals surface area contributed by atoms with Crippen molar-refractivity contribution in [2.45, 2.75) is 52.4 Å². The molecule has 102 valence electrons. The highest BCUT2D eigenvalue weighted by Gasteiger charge is 1.99. The summed E-state index contributed by atoms with van der Waals surface area (Å²) in [6.07, 6.45) is 5.80. The van der Waals surface area contributed by atoms with Crippen molar-refractivity contribution in [1.82, 2.24) is 0 Å². The Morgan fingerprint density at radius 3 is 1.50 bits per heavy atom. The molecule has 0 aliphatic rings. The molecule has 0 aliphatic carbocycles. The van der Waals surface area contributed by atoms with E-state index in [1.54, 1.807) is 0 Å². The van der Waals surface area contributed by atoms with Crippen LogP contribution in [0.3, 0.4) is 0 Å². The Balaban J connectivity index is 3.65. The lowest BCUT2D eigenvalue weighted by atomic mass is 10.3. The quantitative estimate of drug-likeness (QED) is 0.289. The SMILES string of the molecule is CCCCCOC(=O)C#CC(=O)OCCCCC. The number of hydrogen-bond acceptors (Lipinski definition) is 4. The van der Waals surface area contributed by atoms with Crippen molar-refractivity contribution in [2.24, 2.45) is 0 Å². The van der Waals surface area contributed by atoms with Gasteiger partial charge >= 0.3 is 11.9 Å². The van der Waals surface area contributed by atoms with Crippen molar-refractivity contribution in [2.75, 3.05) is 13.2 Å². The highest BCUT2D eigenvalue weighted by Crippen LogP contribution is 1.95. The number of ether oxygens (including phenoxy) is 2. The number of rotatable bonds is 8. The van der Waals surface area contributed by atoms with Crippen LogP contribution in [0.1, 0.15) is 52.4 Å². The highest BCUT2D eigenvalue weighted by atomic mass is 16.5. The van der Waals surface area contributed by atoms with Crippen molar-refractivity contribution < 1.29 is 19.1 Å². The summed E-state index contributed by atoms with van der Waals surface area (Å²) >= 11 is 0. The number of esters is 2. The number of unbranched alkanes of at least 4 members (excludes halogenated alkanes) is 4. The second-order valence-electron chi connectivity index (χ2n) is 3.94. The van der Waals surface area contributed by atoms with Crippen LogP contribution in [0.25, 0.3) is 0 Å². The summed E-state index contributed by atoms with van der Waals surface area (Å²) in [5.74, 6) is 2.89. The fraction of sp³-hybridized carbons (Fsp3) is 0.714. The first-order valence-corrected chi connectivity index (χ1v) is 6.56. The Morgan fingerprint density at radius 2 is 1.17 bits per heavy atom. The van der Waals surface area contributed by atoms with Gasteiger partial charge in [-0.25, -0.2) is 9.59 Å². The molecule has 0 rings (SSSR count). The second kappa shape index (κ2) is 12.0. The third-order valence-electron chi connectivity index (χ3n) is 2.23. The van der Waals surface area contributed by atoms with E-state index in [9.17, 15) is 9.59 Å². The van der Waals surface area contributed by atoms with Crippen LogP contribution in [-0.2, 0) is 19.1 Å². The third kappa shape index (κ3) is 11.0. The lowest BCUT2D eigenvalue weighted by Crippen LogP contribution is -2.06. The fourth-order valence-electron chi connectivity index (χ4n) is 1.21. The molecule has 0 aromatic rings. The summed E-state index contributed by atoms with van der Waals surface area (Å²) in [5, 5.41) is 0. The summed E-state index contributed by atoms with van der Waals surface area (Å²) in [6, 6.07) is 0. The Hall–Kier alpha value is -1.50. The standard InChI is InChI=1S/C14H22O4/c1-3-5-7-11-17-13(15)9-10-14(16)18-12-8-6-4-2/h3-8,11-12H2,1-2H3. The molecule has 0 saturated heterocycles. The minimum absolute atomic E-state index is 0.354. The van der Waals surface area contributed by atoms with Gasteiger partial charge in [0.15, 0.2) is 0 Å². The van der Waals surface area contributed by atoms with Crippen molar-refractivity contribution in [3.63, 3.8) is 0 Å². The van der Waals surface area contributed by atoms with Crippen LogP contribution in [0.4, 0.5) is 0 Å². The molecule has 0 aliphatic heterocycles. The Labute approximate surface area is 109 Å². The van der Waals surface area contributed by atoms with Gasteiger partial charge in [-0.3, -0.25) is 0 Å². The topological polar surface area (TPSA) is 52.6 Å². The van der Waals surface area contributed by atoms with E-state index in [0.29, 0.717) is 13.2 Å². The molecule has 0 saturated carbocycles. The largest absolute Gasteiger partial charge is 0.456 e. The van der Waals surface area contributed by atoms with E-state index in [4.69, 9.17) is 9.47 Å².